The van der Waals surface area contributed by atoms with Gasteiger partial charge in [-0.25, -0.2) is 0 Å². The van der Waals surface area contributed by atoms with Crippen LogP contribution < -0.4 is 10.1 Å². The fraction of sp³-hybridized carbons (Fsp3) is 0.353. The molecule has 0 aliphatic heterocycles. The molecular weight excluding hydrogens is 248 g/mol. The third-order valence-electron chi connectivity index (χ3n) is 3.94. The van der Waals surface area contributed by atoms with Gasteiger partial charge in [0.15, 0.2) is 0 Å². The summed E-state index contributed by atoms with van der Waals surface area (Å²) in [6.07, 6.45) is 7.32. The number of fused-ring (bicyclic) bond motifs is 1. The summed E-state index contributed by atoms with van der Waals surface area (Å²) in [4.78, 5) is 4.16. The van der Waals surface area contributed by atoms with Crippen molar-refractivity contribution >= 4 is 0 Å². The summed E-state index contributed by atoms with van der Waals surface area (Å²) in [5.41, 5.74) is 4.06. The second-order valence-corrected chi connectivity index (χ2v) is 5.25. The number of aromatic nitrogens is 1. The monoisotopic (exact) mass is 268 g/mol. The van der Waals surface area contributed by atoms with Gasteiger partial charge in [0.25, 0.3) is 0 Å². The molecule has 0 spiro atoms. The summed E-state index contributed by atoms with van der Waals surface area (Å²) in [6, 6.07) is 10.9. The number of benzene rings is 1. The Morgan fingerprint density at radius 3 is 3.10 bits per heavy atom. The highest BCUT2D eigenvalue weighted by Gasteiger charge is 2.20. The standard InChI is InChI=1S/C17H20N2O/c1-20-15-8-7-14-5-2-6-17(16(14)10-15)19-12-13-4-3-9-18-11-13/h3-4,7-11,17,19H,2,5-6,12H2,1H3. The number of nitrogens with one attached hydrogen (secondary N) is 1. The van der Waals surface area contributed by atoms with Crippen molar-refractivity contribution in [1.82, 2.24) is 10.3 Å². The Bertz CT molecular complexity index is 568. The van der Waals surface area contributed by atoms with Gasteiger partial charge in [-0.3, -0.25) is 4.98 Å². The lowest BCUT2D eigenvalue weighted by atomic mass is 9.87. The molecule has 3 rings (SSSR count). The number of hydrogen-bond donors (Lipinski definition) is 1. The van der Waals surface area contributed by atoms with Gasteiger partial charge >= 0.3 is 0 Å². The molecule has 3 heteroatoms. The van der Waals surface area contributed by atoms with Crippen LogP contribution in [0.25, 0.3) is 0 Å². The Morgan fingerprint density at radius 1 is 1.35 bits per heavy atom. The van der Waals surface area contributed by atoms with E-state index in [4.69, 9.17) is 4.74 Å². The molecule has 104 valence electrons. The van der Waals surface area contributed by atoms with Gasteiger partial charge in [-0.15, -0.1) is 0 Å². The molecule has 1 aliphatic rings. The van der Waals surface area contributed by atoms with E-state index in [2.05, 4.69) is 34.6 Å². The van der Waals surface area contributed by atoms with Gasteiger partial charge in [-0.1, -0.05) is 12.1 Å². The van der Waals surface area contributed by atoms with Crippen LogP contribution in [0, 0.1) is 0 Å². The van der Waals surface area contributed by atoms with Crippen molar-refractivity contribution in [3.8, 4) is 5.75 Å². The minimum atomic E-state index is 0.411. The van der Waals surface area contributed by atoms with E-state index in [9.17, 15) is 0 Å². The normalized spacial score (nSPS) is 17.6. The van der Waals surface area contributed by atoms with Crippen molar-refractivity contribution in [1.29, 1.82) is 0 Å². The molecule has 1 heterocycles. The Kier molecular flexibility index (Phi) is 3.97. The first-order valence-corrected chi connectivity index (χ1v) is 7.16. The molecule has 1 N–H and O–H groups in total. The zero-order valence-corrected chi connectivity index (χ0v) is 11.8. The lowest BCUT2D eigenvalue weighted by Crippen LogP contribution is -2.25. The van der Waals surface area contributed by atoms with Gasteiger partial charge < -0.3 is 10.1 Å². The summed E-state index contributed by atoms with van der Waals surface area (Å²) in [5.74, 6) is 0.943. The number of rotatable bonds is 4. The van der Waals surface area contributed by atoms with E-state index in [1.54, 1.807) is 7.11 Å². The molecule has 2 aromatic rings. The molecule has 1 aromatic carbocycles. The van der Waals surface area contributed by atoms with Crippen LogP contribution in [0.2, 0.25) is 0 Å². The Labute approximate surface area is 120 Å². The predicted octanol–water partition coefficient (Wildman–Crippen LogP) is 3.26. The second kappa shape index (κ2) is 6.06. The topological polar surface area (TPSA) is 34.1 Å². The zero-order chi connectivity index (χ0) is 13.8. The van der Waals surface area contributed by atoms with Crippen molar-refractivity contribution in [3.05, 3.63) is 59.4 Å². The molecule has 20 heavy (non-hydrogen) atoms. The number of aryl methyl sites for hydroxylation is 1. The summed E-state index contributed by atoms with van der Waals surface area (Å²) in [7, 11) is 1.72. The van der Waals surface area contributed by atoms with Crippen molar-refractivity contribution in [2.24, 2.45) is 0 Å². The smallest absolute Gasteiger partial charge is 0.119 e. The van der Waals surface area contributed by atoms with Crippen molar-refractivity contribution in [2.75, 3.05) is 7.11 Å². The number of ether oxygens (including phenoxy) is 1. The maximum Gasteiger partial charge on any atom is 0.119 e. The third kappa shape index (κ3) is 2.83. The highest BCUT2D eigenvalue weighted by molar-refractivity contribution is 5.39. The highest BCUT2D eigenvalue weighted by atomic mass is 16.5. The van der Waals surface area contributed by atoms with Gasteiger partial charge in [0.2, 0.25) is 0 Å². The van der Waals surface area contributed by atoms with Gasteiger partial charge in [0, 0.05) is 25.0 Å². The van der Waals surface area contributed by atoms with E-state index in [-0.39, 0.29) is 0 Å². The molecule has 1 aromatic heterocycles. The largest absolute Gasteiger partial charge is 0.497 e. The van der Waals surface area contributed by atoms with Crippen molar-refractivity contribution < 1.29 is 4.74 Å². The Balaban J connectivity index is 1.75. The van der Waals surface area contributed by atoms with E-state index < -0.39 is 0 Å². The molecule has 0 amide bonds. The molecule has 0 bridgehead atoms. The number of methoxy groups -OCH3 is 1. The highest BCUT2D eigenvalue weighted by Crippen LogP contribution is 2.32. The molecule has 1 atom stereocenters. The van der Waals surface area contributed by atoms with Crippen LogP contribution in [0.3, 0.4) is 0 Å². The van der Waals surface area contributed by atoms with Gasteiger partial charge in [0.05, 0.1) is 7.11 Å². The summed E-state index contributed by atoms with van der Waals surface area (Å²) < 4.78 is 5.35. The van der Waals surface area contributed by atoms with Crippen molar-refractivity contribution in [2.45, 2.75) is 31.8 Å². The van der Waals surface area contributed by atoms with Crippen LogP contribution in [0.5, 0.6) is 5.75 Å². The average molecular weight is 268 g/mol. The third-order valence-corrected chi connectivity index (χ3v) is 3.94. The van der Waals surface area contributed by atoms with Crippen molar-refractivity contribution in [3.63, 3.8) is 0 Å². The average Bonchev–Trinajstić information content (AvgIpc) is 2.53. The number of pyridine rings is 1. The Morgan fingerprint density at radius 2 is 2.30 bits per heavy atom. The fourth-order valence-corrected chi connectivity index (χ4v) is 2.86. The predicted molar refractivity (Wildman–Crippen MR) is 79.7 cm³/mol. The van der Waals surface area contributed by atoms with Gasteiger partial charge in [0.1, 0.15) is 5.75 Å². The molecule has 0 fully saturated rings. The van der Waals surface area contributed by atoms with Crippen LogP contribution in [-0.4, -0.2) is 12.1 Å². The van der Waals surface area contributed by atoms with Crippen LogP contribution in [0.15, 0.2) is 42.7 Å². The molecule has 1 unspecified atom stereocenters. The molecule has 3 nitrogen and oxygen atoms in total. The van der Waals surface area contributed by atoms with Crippen LogP contribution in [0.1, 0.15) is 35.6 Å². The quantitative estimate of drug-likeness (QED) is 0.924. The van der Waals surface area contributed by atoms with Crippen LogP contribution in [0.4, 0.5) is 0 Å². The molecule has 1 aliphatic carbocycles. The number of nitrogens with zero attached hydrogens (tertiary/aromatic N) is 1. The summed E-state index contributed by atoms with van der Waals surface area (Å²) in [6.45, 7) is 0.856. The lowest BCUT2D eigenvalue weighted by Gasteiger charge is -2.27. The first-order valence-electron chi connectivity index (χ1n) is 7.16. The van der Waals surface area contributed by atoms with E-state index in [0.29, 0.717) is 6.04 Å². The Hall–Kier alpha value is -1.87. The zero-order valence-electron chi connectivity index (χ0n) is 11.8. The van der Waals surface area contributed by atoms with Gasteiger partial charge in [-0.05, 0) is 54.2 Å². The first-order chi connectivity index (χ1) is 9.86. The molecule has 0 saturated carbocycles. The maximum atomic E-state index is 5.35. The van der Waals surface area contributed by atoms with E-state index in [0.717, 1.165) is 12.3 Å². The van der Waals surface area contributed by atoms with E-state index in [1.165, 1.54) is 36.0 Å². The van der Waals surface area contributed by atoms with Crippen LogP contribution in [-0.2, 0) is 13.0 Å². The van der Waals surface area contributed by atoms with E-state index in [1.807, 2.05) is 18.5 Å². The minimum absolute atomic E-state index is 0.411. The minimum Gasteiger partial charge on any atom is -0.497 e. The molecule has 0 saturated heterocycles. The second-order valence-electron chi connectivity index (χ2n) is 5.25. The first kappa shape index (κ1) is 13.1. The van der Waals surface area contributed by atoms with E-state index >= 15 is 0 Å². The SMILES string of the molecule is COc1ccc2c(c1)C(NCc1cccnc1)CCC2. The lowest BCUT2D eigenvalue weighted by molar-refractivity contribution is 0.408. The summed E-state index contributed by atoms with van der Waals surface area (Å²) in [5, 5.41) is 3.65. The maximum absolute atomic E-state index is 5.35. The molecule has 0 radical (unpaired) electrons. The molecular formula is C17H20N2O. The number of hydrogen-bond acceptors (Lipinski definition) is 3. The van der Waals surface area contributed by atoms with Gasteiger partial charge in [-0.2, -0.15) is 0 Å². The van der Waals surface area contributed by atoms with Crippen LogP contribution >= 0.6 is 0 Å². The summed E-state index contributed by atoms with van der Waals surface area (Å²) >= 11 is 0. The fourth-order valence-electron chi connectivity index (χ4n) is 2.86.